The smallest absolute Gasteiger partial charge is 0.315 e. The van der Waals surface area contributed by atoms with E-state index in [0.717, 1.165) is 24.5 Å². The molecule has 0 aliphatic carbocycles. The van der Waals surface area contributed by atoms with E-state index in [0.29, 0.717) is 19.1 Å². The van der Waals surface area contributed by atoms with Crippen LogP contribution in [0.25, 0.3) is 0 Å². The molecule has 1 aromatic heterocycles. The number of urea groups is 1. The molecule has 2 rings (SSSR count). The fourth-order valence-electron chi connectivity index (χ4n) is 2.81. The minimum absolute atomic E-state index is 0.136. The van der Waals surface area contributed by atoms with Crippen LogP contribution in [0.4, 0.5) is 4.79 Å². The number of likely N-dealkylation sites (tertiary alicyclic amines) is 1. The molecule has 0 bridgehead atoms. The van der Waals surface area contributed by atoms with E-state index in [1.807, 2.05) is 13.0 Å². The molecule has 122 valence electrons. The van der Waals surface area contributed by atoms with Crippen LogP contribution in [-0.4, -0.2) is 46.6 Å². The van der Waals surface area contributed by atoms with Crippen molar-refractivity contribution in [2.24, 2.45) is 0 Å². The highest BCUT2D eigenvalue weighted by Crippen LogP contribution is 2.15. The van der Waals surface area contributed by atoms with E-state index >= 15 is 0 Å². The molecule has 2 N–H and O–H groups in total. The van der Waals surface area contributed by atoms with Crippen LogP contribution in [0, 0.1) is 6.92 Å². The molecule has 1 saturated heterocycles. The minimum Gasteiger partial charge on any atom is -0.338 e. The van der Waals surface area contributed by atoms with E-state index < -0.39 is 0 Å². The number of carbonyl (C=O) groups excluding carboxylic acids is 1. The van der Waals surface area contributed by atoms with Gasteiger partial charge < -0.3 is 15.5 Å². The second-order valence-electron chi connectivity index (χ2n) is 5.94. The molecule has 1 unspecified atom stereocenters. The standard InChI is InChI=1S/C16H27N5O/c1-13-6-3-4-10-21(13)11-5-8-18-16(22)19-12-15-7-9-17-14(2)20-15/h7,9,13H,3-6,8,10-12H2,1-2H3,(H2,18,19,22). The summed E-state index contributed by atoms with van der Waals surface area (Å²) in [5, 5.41) is 5.72. The van der Waals surface area contributed by atoms with Crippen LogP contribution in [-0.2, 0) is 6.54 Å². The van der Waals surface area contributed by atoms with Crippen molar-refractivity contribution >= 4 is 6.03 Å². The Kier molecular flexibility index (Phi) is 6.58. The van der Waals surface area contributed by atoms with Crippen LogP contribution < -0.4 is 10.6 Å². The molecule has 2 heterocycles. The Hall–Kier alpha value is -1.69. The van der Waals surface area contributed by atoms with Gasteiger partial charge in [0.25, 0.3) is 0 Å². The van der Waals surface area contributed by atoms with E-state index in [1.165, 1.54) is 25.8 Å². The third kappa shape index (κ3) is 5.60. The van der Waals surface area contributed by atoms with E-state index in [2.05, 4.69) is 32.4 Å². The Morgan fingerprint density at radius 3 is 3.05 bits per heavy atom. The third-order valence-electron chi connectivity index (χ3n) is 4.11. The van der Waals surface area contributed by atoms with Crippen molar-refractivity contribution in [1.82, 2.24) is 25.5 Å². The molecule has 1 atom stereocenters. The van der Waals surface area contributed by atoms with Gasteiger partial charge in [0.1, 0.15) is 5.82 Å². The van der Waals surface area contributed by atoms with Crippen molar-refractivity contribution in [1.29, 1.82) is 0 Å². The Morgan fingerprint density at radius 1 is 1.41 bits per heavy atom. The summed E-state index contributed by atoms with van der Waals surface area (Å²) in [7, 11) is 0. The van der Waals surface area contributed by atoms with Gasteiger partial charge in [0.2, 0.25) is 0 Å². The first kappa shape index (κ1) is 16.7. The maximum atomic E-state index is 11.7. The molecule has 0 spiro atoms. The predicted octanol–water partition coefficient (Wildman–Crippen LogP) is 1.85. The molecule has 0 saturated carbocycles. The minimum atomic E-state index is -0.136. The largest absolute Gasteiger partial charge is 0.338 e. The van der Waals surface area contributed by atoms with Crippen molar-refractivity contribution in [3.05, 3.63) is 23.8 Å². The van der Waals surface area contributed by atoms with Gasteiger partial charge in [0.15, 0.2) is 0 Å². The third-order valence-corrected chi connectivity index (χ3v) is 4.11. The van der Waals surface area contributed by atoms with Gasteiger partial charge in [-0.25, -0.2) is 14.8 Å². The van der Waals surface area contributed by atoms with E-state index in [9.17, 15) is 4.79 Å². The predicted molar refractivity (Wildman–Crippen MR) is 86.5 cm³/mol. The van der Waals surface area contributed by atoms with Gasteiger partial charge >= 0.3 is 6.03 Å². The van der Waals surface area contributed by atoms with Gasteiger partial charge in [-0.15, -0.1) is 0 Å². The molecule has 1 aliphatic heterocycles. The van der Waals surface area contributed by atoms with Crippen LogP contribution in [0.1, 0.15) is 44.1 Å². The number of piperidine rings is 1. The van der Waals surface area contributed by atoms with Crippen LogP contribution >= 0.6 is 0 Å². The molecular formula is C16H27N5O. The first-order valence-electron chi connectivity index (χ1n) is 8.19. The van der Waals surface area contributed by atoms with Gasteiger partial charge in [-0.05, 0) is 45.7 Å². The normalized spacial score (nSPS) is 18.9. The second-order valence-corrected chi connectivity index (χ2v) is 5.94. The first-order chi connectivity index (χ1) is 10.6. The highest BCUT2D eigenvalue weighted by Gasteiger charge is 2.17. The monoisotopic (exact) mass is 305 g/mol. The van der Waals surface area contributed by atoms with Gasteiger partial charge in [-0.3, -0.25) is 0 Å². The number of hydrogen-bond acceptors (Lipinski definition) is 4. The summed E-state index contributed by atoms with van der Waals surface area (Å²) >= 11 is 0. The van der Waals surface area contributed by atoms with Crippen molar-refractivity contribution in [3.63, 3.8) is 0 Å². The van der Waals surface area contributed by atoms with Gasteiger partial charge in [0, 0.05) is 25.3 Å². The van der Waals surface area contributed by atoms with Crippen molar-refractivity contribution in [2.75, 3.05) is 19.6 Å². The average Bonchev–Trinajstić information content (AvgIpc) is 2.51. The van der Waals surface area contributed by atoms with Crippen molar-refractivity contribution in [2.45, 2.75) is 52.1 Å². The fourth-order valence-corrected chi connectivity index (χ4v) is 2.81. The summed E-state index contributed by atoms with van der Waals surface area (Å²) in [6.07, 6.45) is 6.64. The number of hydrogen-bond donors (Lipinski definition) is 2. The Morgan fingerprint density at radius 2 is 2.27 bits per heavy atom. The molecule has 6 heteroatoms. The van der Waals surface area contributed by atoms with Crippen molar-refractivity contribution in [3.8, 4) is 0 Å². The number of nitrogens with one attached hydrogen (secondary N) is 2. The molecule has 0 radical (unpaired) electrons. The van der Waals surface area contributed by atoms with E-state index in [-0.39, 0.29) is 6.03 Å². The number of amides is 2. The highest BCUT2D eigenvalue weighted by atomic mass is 16.2. The van der Waals surface area contributed by atoms with Crippen LogP contribution in [0.3, 0.4) is 0 Å². The number of aryl methyl sites for hydroxylation is 1. The first-order valence-corrected chi connectivity index (χ1v) is 8.19. The van der Waals surface area contributed by atoms with Gasteiger partial charge in [-0.2, -0.15) is 0 Å². The molecule has 1 aliphatic rings. The fraction of sp³-hybridized carbons (Fsp3) is 0.688. The molecule has 22 heavy (non-hydrogen) atoms. The SMILES string of the molecule is Cc1nccc(CNC(=O)NCCCN2CCCCC2C)n1. The summed E-state index contributed by atoms with van der Waals surface area (Å²) in [5.41, 5.74) is 0.824. The lowest BCUT2D eigenvalue weighted by molar-refractivity contribution is 0.159. The number of rotatable bonds is 6. The summed E-state index contributed by atoms with van der Waals surface area (Å²) in [6, 6.07) is 2.36. The number of carbonyl (C=O) groups is 1. The number of aromatic nitrogens is 2. The molecule has 0 aromatic carbocycles. The summed E-state index contributed by atoms with van der Waals surface area (Å²) in [5.74, 6) is 0.718. The summed E-state index contributed by atoms with van der Waals surface area (Å²) in [4.78, 5) is 22.5. The summed E-state index contributed by atoms with van der Waals surface area (Å²) in [6.45, 7) is 7.53. The second kappa shape index (κ2) is 8.68. The molecular weight excluding hydrogens is 278 g/mol. The highest BCUT2D eigenvalue weighted by molar-refractivity contribution is 5.73. The Labute approximate surface area is 132 Å². The van der Waals surface area contributed by atoms with Crippen LogP contribution in [0.2, 0.25) is 0 Å². The summed E-state index contributed by atoms with van der Waals surface area (Å²) < 4.78 is 0. The lowest BCUT2D eigenvalue weighted by Crippen LogP contribution is -2.40. The lowest BCUT2D eigenvalue weighted by Gasteiger charge is -2.33. The zero-order valence-electron chi connectivity index (χ0n) is 13.6. The van der Waals surface area contributed by atoms with E-state index in [4.69, 9.17) is 0 Å². The Bertz CT molecular complexity index is 479. The lowest BCUT2D eigenvalue weighted by atomic mass is 10.0. The average molecular weight is 305 g/mol. The quantitative estimate of drug-likeness (QED) is 0.787. The van der Waals surface area contributed by atoms with Crippen molar-refractivity contribution < 1.29 is 4.79 Å². The molecule has 6 nitrogen and oxygen atoms in total. The maximum Gasteiger partial charge on any atom is 0.315 e. The van der Waals surface area contributed by atoms with Crippen LogP contribution in [0.5, 0.6) is 0 Å². The molecule has 2 amide bonds. The zero-order chi connectivity index (χ0) is 15.8. The number of nitrogens with zero attached hydrogens (tertiary/aromatic N) is 3. The molecule has 1 fully saturated rings. The topological polar surface area (TPSA) is 70.2 Å². The maximum absolute atomic E-state index is 11.7. The Balaban J connectivity index is 1.57. The zero-order valence-corrected chi connectivity index (χ0v) is 13.6. The van der Waals surface area contributed by atoms with Crippen LogP contribution in [0.15, 0.2) is 12.3 Å². The van der Waals surface area contributed by atoms with Gasteiger partial charge in [-0.1, -0.05) is 6.42 Å². The van der Waals surface area contributed by atoms with E-state index in [1.54, 1.807) is 6.20 Å². The molecule has 1 aromatic rings. The van der Waals surface area contributed by atoms with Gasteiger partial charge in [0.05, 0.1) is 12.2 Å².